The van der Waals surface area contributed by atoms with E-state index in [2.05, 4.69) is 10.3 Å². The number of amides is 1. The summed E-state index contributed by atoms with van der Waals surface area (Å²) >= 11 is 5.84. The number of aromatic nitrogens is 1. The fraction of sp³-hybridized carbons (Fsp3) is 0.600. The molecule has 0 unspecified atom stereocenters. The third-order valence-electron chi connectivity index (χ3n) is 3.48. The summed E-state index contributed by atoms with van der Waals surface area (Å²) < 4.78 is 5.76. The number of nitrogens with zero attached hydrogens (tertiary/aromatic N) is 1. The van der Waals surface area contributed by atoms with Gasteiger partial charge in [0, 0.05) is 17.8 Å². The molecule has 0 spiro atoms. The number of pyridine rings is 1. The summed E-state index contributed by atoms with van der Waals surface area (Å²) in [6, 6.07) is 3.30. The van der Waals surface area contributed by atoms with Gasteiger partial charge in [-0.2, -0.15) is 0 Å². The van der Waals surface area contributed by atoms with Gasteiger partial charge in [0.15, 0.2) is 0 Å². The summed E-state index contributed by atoms with van der Waals surface area (Å²) in [5.74, 6) is -0.135. The number of halogens is 1. The van der Waals surface area contributed by atoms with E-state index in [0.717, 1.165) is 18.5 Å². The normalized spacial score (nSPS) is 16.1. The number of aryl methyl sites for hydroxylation is 1. The number of hydrogen-bond acceptors (Lipinski definition) is 3. The molecule has 1 saturated carbocycles. The molecule has 0 aliphatic heterocycles. The van der Waals surface area contributed by atoms with Gasteiger partial charge in [-0.05, 0) is 31.9 Å². The van der Waals surface area contributed by atoms with Gasteiger partial charge in [0.05, 0.1) is 12.7 Å². The minimum Gasteiger partial charge on any atom is -0.376 e. The molecule has 0 atom stereocenters. The van der Waals surface area contributed by atoms with Crippen LogP contribution in [0.15, 0.2) is 12.1 Å². The van der Waals surface area contributed by atoms with Crippen LogP contribution in [0.25, 0.3) is 0 Å². The van der Waals surface area contributed by atoms with Gasteiger partial charge in [-0.1, -0.05) is 30.9 Å². The lowest BCUT2D eigenvalue weighted by Crippen LogP contribution is -2.29. The van der Waals surface area contributed by atoms with Gasteiger partial charge in [0.1, 0.15) is 5.15 Å². The molecule has 0 bridgehead atoms. The van der Waals surface area contributed by atoms with Crippen molar-refractivity contribution in [3.05, 3.63) is 28.5 Å². The molecule has 2 rings (SSSR count). The molecule has 20 heavy (non-hydrogen) atoms. The van der Waals surface area contributed by atoms with Crippen molar-refractivity contribution >= 4 is 17.5 Å². The lowest BCUT2D eigenvalue weighted by molar-refractivity contribution is 0.0299. The van der Waals surface area contributed by atoms with E-state index in [-0.39, 0.29) is 5.91 Å². The van der Waals surface area contributed by atoms with E-state index in [4.69, 9.17) is 16.3 Å². The largest absolute Gasteiger partial charge is 0.376 e. The number of rotatable bonds is 5. The summed E-state index contributed by atoms with van der Waals surface area (Å²) in [4.78, 5) is 16.0. The van der Waals surface area contributed by atoms with Crippen LogP contribution in [0.5, 0.6) is 0 Å². The van der Waals surface area contributed by atoms with Crippen molar-refractivity contribution in [2.24, 2.45) is 0 Å². The van der Waals surface area contributed by atoms with E-state index in [9.17, 15) is 4.79 Å². The highest BCUT2D eigenvalue weighted by molar-refractivity contribution is 6.29. The number of ether oxygens (including phenoxy) is 1. The van der Waals surface area contributed by atoms with Crippen LogP contribution in [-0.4, -0.2) is 30.1 Å². The second kappa shape index (κ2) is 7.60. The second-order valence-electron chi connectivity index (χ2n) is 5.21. The first kappa shape index (κ1) is 15.3. The maximum absolute atomic E-state index is 11.9. The first-order valence-electron chi connectivity index (χ1n) is 7.19. The molecule has 0 radical (unpaired) electrons. The zero-order valence-corrected chi connectivity index (χ0v) is 12.6. The molecule has 0 saturated heterocycles. The third-order valence-corrected chi connectivity index (χ3v) is 3.67. The van der Waals surface area contributed by atoms with Crippen LogP contribution < -0.4 is 5.32 Å². The molecule has 4 nitrogen and oxygen atoms in total. The molecule has 1 aromatic rings. The molecule has 1 aliphatic rings. The number of hydrogen-bond donors (Lipinski definition) is 1. The van der Waals surface area contributed by atoms with Crippen molar-refractivity contribution in [2.75, 3.05) is 13.2 Å². The van der Waals surface area contributed by atoms with Gasteiger partial charge in [0.25, 0.3) is 5.91 Å². The van der Waals surface area contributed by atoms with E-state index in [1.165, 1.54) is 19.3 Å². The van der Waals surface area contributed by atoms with Crippen LogP contribution in [0.2, 0.25) is 5.15 Å². The van der Waals surface area contributed by atoms with Crippen LogP contribution in [0.1, 0.15) is 48.2 Å². The highest BCUT2D eigenvalue weighted by Crippen LogP contribution is 2.19. The molecule has 1 aliphatic carbocycles. The number of carbonyl (C=O) groups is 1. The minimum absolute atomic E-state index is 0.135. The van der Waals surface area contributed by atoms with Crippen LogP contribution in [0.4, 0.5) is 0 Å². The Morgan fingerprint density at radius 3 is 2.85 bits per heavy atom. The van der Waals surface area contributed by atoms with Gasteiger partial charge in [-0.15, -0.1) is 0 Å². The molecule has 110 valence electrons. The molecule has 1 fully saturated rings. The fourth-order valence-corrected chi connectivity index (χ4v) is 2.73. The van der Waals surface area contributed by atoms with E-state index in [1.54, 1.807) is 12.1 Å². The number of nitrogens with one attached hydrogen (secondary N) is 1. The average molecular weight is 297 g/mol. The number of carbonyl (C=O) groups excluding carboxylic acids is 1. The Morgan fingerprint density at radius 1 is 1.40 bits per heavy atom. The first-order valence-corrected chi connectivity index (χ1v) is 7.57. The maximum Gasteiger partial charge on any atom is 0.251 e. The standard InChI is InChI=1S/C15H21ClN2O2/c1-11-9-12(10-14(16)18-11)15(19)17-7-8-20-13-5-3-2-4-6-13/h9-10,13H,2-8H2,1H3,(H,17,19). The zero-order chi connectivity index (χ0) is 14.4. The van der Waals surface area contributed by atoms with Gasteiger partial charge in [0.2, 0.25) is 0 Å². The van der Waals surface area contributed by atoms with E-state index >= 15 is 0 Å². The lowest BCUT2D eigenvalue weighted by Gasteiger charge is -2.22. The molecular formula is C15H21ClN2O2. The summed E-state index contributed by atoms with van der Waals surface area (Å²) in [7, 11) is 0. The average Bonchev–Trinajstić information content (AvgIpc) is 2.43. The van der Waals surface area contributed by atoms with Gasteiger partial charge in [-0.25, -0.2) is 4.98 Å². The molecule has 1 amide bonds. The Kier molecular flexibility index (Phi) is 5.80. The third kappa shape index (κ3) is 4.76. The van der Waals surface area contributed by atoms with Crippen molar-refractivity contribution in [1.29, 1.82) is 0 Å². The van der Waals surface area contributed by atoms with Crippen molar-refractivity contribution in [1.82, 2.24) is 10.3 Å². The monoisotopic (exact) mass is 296 g/mol. The maximum atomic E-state index is 11.9. The van der Waals surface area contributed by atoms with Crippen LogP contribution in [-0.2, 0) is 4.74 Å². The molecule has 1 heterocycles. The van der Waals surface area contributed by atoms with Crippen molar-refractivity contribution < 1.29 is 9.53 Å². The molecule has 1 N–H and O–H groups in total. The summed E-state index contributed by atoms with van der Waals surface area (Å²) in [6.07, 6.45) is 6.50. The Hall–Kier alpha value is -1.13. The van der Waals surface area contributed by atoms with E-state index < -0.39 is 0 Å². The highest BCUT2D eigenvalue weighted by atomic mass is 35.5. The molecule has 0 aromatic carbocycles. The van der Waals surface area contributed by atoms with Crippen molar-refractivity contribution in [3.8, 4) is 0 Å². The van der Waals surface area contributed by atoms with E-state index in [0.29, 0.717) is 30.0 Å². The van der Waals surface area contributed by atoms with Crippen molar-refractivity contribution in [3.63, 3.8) is 0 Å². The molecule has 5 heteroatoms. The second-order valence-corrected chi connectivity index (χ2v) is 5.59. The Labute approximate surface area is 124 Å². The molecular weight excluding hydrogens is 276 g/mol. The first-order chi connectivity index (χ1) is 9.65. The van der Waals surface area contributed by atoms with Gasteiger partial charge < -0.3 is 10.1 Å². The van der Waals surface area contributed by atoms with Crippen LogP contribution in [0.3, 0.4) is 0 Å². The van der Waals surface area contributed by atoms with Crippen LogP contribution in [0, 0.1) is 6.92 Å². The highest BCUT2D eigenvalue weighted by Gasteiger charge is 2.13. The predicted octanol–water partition coefficient (Wildman–Crippen LogP) is 3.12. The fourth-order valence-electron chi connectivity index (χ4n) is 2.48. The summed E-state index contributed by atoms with van der Waals surface area (Å²) in [5.41, 5.74) is 1.28. The lowest BCUT2D eigenvalue weighted by atomic mass is 9.98. The predicted molar refractivity (Wildman–Crippen MR) is 79.1 cm³/mol. The zero-order valence-electron chi connectivity index (χ0n) is 11.8. The quantitative estimate of drug-likeness (QED) is 0.671. The SMILES string of the molecule is Cc1cc(C(=O)NCCOC2CCCCC2)cc(Cl)n1. The van der Waals surface area contributed by atoms with Gasteiger partial charge in [-0.3, -0.25) is 4.79 Å². The minimum atomic E-state index is -0.135. The van der Waals surface area contributed by atoms with Crippen LogP contribution >= 0.6 is 11.6 Å². The summed E-state index contributed by atoms with van der Waals surface area (Å²) in [6.45, 7) is 2.90. The topological polar surface area (TPSA) is 51.2 Å². The smallest absolute Gasteiger partial charge is 0.251 e. The Morgan fingerprint density at radius 2 is 2.15 bits per heavy atom. The Bertz CT molecular complexity index is 439. The van der Waals surface area contributed by atoms with E-state index in [1.807, 2.05) is 6.92 Å². The van der Waals surface area contributed by atoms with Gasteiger partial charge >= 0.3 is 0 Å². The molecule has 1 aromatic heterocycles. The summed E-state index contributed by atoms with van der Waals surface area (Å²) in [5, 5.41) is 3.18. The van der Waals surface area contributed by atoms with Crippen molar-refractivity contribution in [2.45, 2.75) is 45.1 Å². The Balaban J connectivity index is 1.71.